The van der Waals surface area contributed by atoms with Crippen LogP contribution in [-0.4, -0.2) is 27.5 Å². The van der Waals surface area contributed by atoms with E-state index < -0.39 is 8.32 Å². The van der Waals surface area contributed by atoms with Gasteiger partial charge < -0.3 is 9.16 Å². The van der Waals surface area contributed by atoms with Crippen LogP contribution in [0.2, 0.25) is 18.1 Å². The average Bonchev–Trinajstić information content (AvgIpc) is 2.31. The van der Waals surface area contributed by atoms with Gasteiger partial charge in [-0.25, -0.2) is 0 Å². The van der Waals surface area contributed by atoms with Gasteiger partial charge in [-0.05, 0) is 41.6 Å². The Morgan fingerprint density at radius 3 is 2.11 bits per heavy atom. The fourth-order valence-corrected chi connectivity index (χ4v) is 3.19. The molecule has 2 atom stereocenters. The van der Waals surface area contributed by atoms with Gasteiger partial charge in [0.2, 0.25) is 0 Å². The molecule has 0 aliphatic carbocycles. The largest absolute Gasteiger partial charge is 0.469 e. The van der Waals surface area contributed by atoms with Gasteiger partial charge in [-0.1, -0.05) is 43.4 Å². The van der Waals surface area contributed by atoms with Crippen LogP contribution in [0.4, 0.5) is 0 Å². The number of ether oxygens (including phenoxy) is 1. The number of esters is 1. The zero-order chi connectivity index (χ0) is 15.4. The van der Waals surface area contributed by atoms with Crippen molar-refractivity contribution in [3.05, 3.63) is 9.66 Å². The van der Waals surface area contributed by atoms with E-state index in [4.69, 9.17) is 9.16 Å². The SMILES string of the molecule is COC(=O)[C@H](C)[C@@H](O[Si](C)(C)C(C)(C)C)/C(C)=C/I. The van der Waals surface area contributed by atoms with Crippen molar-refractivity contribution in [2.75, 3.05) is 7.11 Å². The van der Waals surface area contributed by atoms with Crippen molar-refractivity contribution in [2.45, 2.75) is 58.9 Å². The number of carbonyl (C=O) groups is 1. The molecule has 0 saturated heterocycles. The van der Waals surface area contributed by atoms with Gasteiger partial charge in [0.15, 0.2) is 8.32 Å². The summed E-state index contributed by atoms with van der Waals surface area (Å²) in [5.41, 5.74) is 1.07. The number of hydrogen-bond donors (Lipinski definition) is 0. The summed E-state index contributed by atoms with van der Waals surface area (Å²) in [6, 6.07) is 0. The van der Waals surface area contributed by atoms with Gasteiger partial charge in [0.1, 0.15) is 0 Å². The van der Waals surface area contributed by atoms with Crippen molar-refractivity contribution in [1.29, 1.82) is 0 Å². The van der Waals surface area contributed by atoms with Crippen LogP contribution in [0.3, 0.4) is 0 Å². The molecule has 0 radical (unpaired) electrons. The minimum Gasteiger partial charge on any atom is -0.469 e. The first kappa shape index (κ1) is 19.1. The van der Waals surface area contributed by atoms with Gasteiger partial charge in [0, 0.05) is 0 Å². The third-order valence-corrected chi connectivity index (χ3v) is 9.31. The van der Waals surface area contributed by atoms with Gasteiger partial charge in [-0.15, -0.1) is 0 Å². The van der Waals surface area contributed by atoms with Gasteiger partial charge >= 0.3 is 5.97 Å². The quantitative estimate of drug-likeness (QED) is 0.388. The molecule has 0 aromatic carbocycles. The Kier molecular flexibility index (Phi) is 7.26. The Bertz CT molecular complexity index is 345. The van der Waals surface area contributed by atoms with E-state index in [0.29, 0.717) is 0 Å². The predicted octanol–water partition coefficient (Wildman–Crippen LogP) is 4.52. The number of halogens is 1. The fraction of sp³-hybridized carbons (Fsp3) is 0.786. The van der Waals surface area contributed by atoms with E-state index in [0.717, 1.165) is 5.57 Å². The second-order valence-corrected chi connectivity index (χ2v) is 11.8. The summed E-state index contributed by atoms with van der Waals surface area (Å²) < 4.78 is 13.2. The number of carbonyl (C=O) groups excluding carboxylic acids is 1. The summed E-state index contributed by atoms with van der Waals surface area (Å²) >= 11 is 2.19. The summed E-state index contributed by atoms with van der Waals surface area (Å²) in [5.74, 6) is -0.508. The lowest BCUT2D eigenvalue weighted by molar-refractivity contribution is -0.147. The van der Waals surface area contributed by atoms with E-state index >= 15 is 0 Å². The molecule has 0 heterocycles. The van der Waals surface area contributed by atoms with Crippen molar-refractivity contribution in [3.8, 4) is 0 Å². The maximum atomic E-state index is 11.8. The molecule has 3 nitrogen and oxygen atoms in total. The Hall–Kier alpha value is 0.117. The van der Waals surface area contributed by atoms with Crippen LogP contribution in [0.5, 0.6) is 0 Å². The first-order valence-electron chi connectivity index (χ1n) is 6.50. The molecule has 0 aromatic rings. The second kappa shape index (κ2) is 7.22. The summed E-state index contributed by atoms with van der Waals surface area (Å²) in [4.78, 5) is 11.8. The molecule has 0 unspecified atom stereocenters. The van der Waals surface area contributed by atoms with Crippen LogP contribution in [0.15, 0.2) is 9.66 Å². The molecule has 0 aliphatic rings. The van der Waals surface area contributed by atoms with Crippen LogP contribution in [0.25, 0.3) is 0 Å². The van der Waals surface area contributed by atoms with Crippen molar-refractivity contribution in [3.63, 3.8) is 0 Å². The third-order valence-electron chi connectivity index (χ3n) is 3.88. The number of rotatable bonds is 5. The van der Waals surface area contributed by atoms with Crippen LogP contribution in [-0.2, 0) is 14.0 Å². The number of methoxy groups -OCH3 is 1. The predicted molar refractivity (Wildman–Crippen MR) is 91.0 cm³/mol. The number of hydrogen-bond acceptors (Lipinski definition) is 3. The summed E-state index contributed by atoms with van der Waals surface area (Å²) in [5, 5.41) is 0.118. The molecular weight excluding hydrogens is 371 g/mol. The zero-order valence-electron chi connectivity index (χ0n) is 13.3. The molecule has 0 amide bonds. The van der Waals surface area contributed by atoms with E-state index in [2.05, 4.69) is 56.5 Å². The molecule has 0 spiro atoms. The topological polar surface area (TPSA) is 35.5 Å². The molecule has 5 heteroatoms. The minimum absolute atomic E-state index is 0.118. The Balaban J connectivity index is 5.26. The van der Waals surface area contributed by atoms with Crippen LogP contribution in [0, 0.1) is 5.92 Å². The summed E-state index contributed by atoms with van der Waals surface area (Å²) in [6.07, 6.45) is -0.203. The Morgan fingerprint density at radius 2 is 1.79 bits per heavy atom. The Labute approximate surface area is 132 Å². The first-order chi connectivity index (χ1) is 8.47. The van der Waals surface area contributed by atoms with Gasteiger partial charge in [0.25, 0.3) is 0 Å². The molecule has 0 aromatic heterocycles. The normalized spacial score (nSPS) is 17.0. The zero-order valence-corrected chi connectivity index (χ0v) is 16.5. The maximum absolute atomic E-state index is 11.8. The lowest BCUT2D eigenvalue weighted by Crippen LogP contribution is -2.47. The molecule has 0 aliphatic heterocycles. The van der Waals surface area contributed by atoms with E-state index in [-0.39, 0.29) is 23.0 Å². The standard InChI is InChI=1S/C14H27IO3Si/c1-10(9-15)12(11(2)13(16)17-6)18-19(7,8)14(3,4)5/h9,11-12H,1-8H3/b10-9+/t11-,12+/m1/s1. The molecule has 112 valence electrons. The van der Waals surface area contributed by atoms with Crippen LogP contribution in [0.1, 0.15) is 34.6 Å². The summed E-state index contributed by atoms with van der Waals surface area (Å²) in [6.45, 7) is 14.9. The fourth-order valence-electron chi connectivity index (χ4n) is 1.46. The van der Waals surface area contributed by atoms with E-state index in [9.17, 15) is 4.79 Å². The monoisotopic (exact) mass is 398 g/mol. The molecule has 0 saturated carbocycles. The average molecular weight is 398 g/mol. The molecule has 0 bridgehead atoms. The molecular formula is C14H27IO3Si. The highest BCUT2D eigenvalue weighted by molar-refractivity contribution is 14.1. The lowest BCUT2D eigenvalue weighted by Gasteiger charge is -2.40. The third kappa shape index (κ3) is 5.19. The van der Waals surface area contributed by atoms with Crippen molar-refractivity contribution in [2.24, 2.45) is 5.92 Å². The second-order valence-electron chi connectivity index (χ2n) is 6.46. The highest BCUT2D eigenvalue weighted by Gasteiger charge is 2.41. The minimum atomic E-state index is -1.92. The van der Waals surface area contributed by atoms with E-state index in [1.54, 1.807) is 0 Å². The van der Waals surface area contributed by atoms with Gasteiger partial charge in [-0.2, -0.15) is 0 Å². The summed E-state index contributed by atoms with van der Waals surface area (Å²) in [7, 11) is -0.498. The molecule has 0 rings (SSSR count). The van der Waals surface area contributed by atoms with E-state index in [1.807, 2.05) is 17.9 Å². The van der Waals surface area contributed by atoms with Gasteiger partial charge in [0.05, 0.1) is 19.1 Å². The highest BCUT2D eigenvalue weighted by Crippen LogP contribution is 2.39. The Morgan fingerprint density at radius 1 is 1.32 bits per heavy atom. The van der Waals surface area contributed by atoms with Crippen LogP contribution < -0.4 is 0 Å². The lowest BCUT2D eigenvalue weighted by atomic mass is 10.00. The van der Waals surface area contributed by atoms with Crippen molar-refractivity contribution in [1.82, 2.24) is 0 Å². The smallest absolute Gasteiger partial charge is 0.311 e. The highest BCUT2D eigenvalue weighted by atomic mass is 127. The maximum Gasteiger partial charge on any atom is 0.311 e. The molecule has 19 heavy (non-hydrogen) atoms. The van der Waals surface area contributed by atoms with E-state index in [1.165, 1.54) is 7.11 Å². The van der Waals surface area contributed by atoms with Gasteiger partial charge in [-0.3, -0.25) is 4.79 Å². The van der Waals surface area contributed by atoms with Crippen LogP contribution >= 0.6 is 22.6 Å². The molecule has 0 fully saturated rings. The molecule has 0 N–H and O–H groups in total. The first-order valence-corrected chi connectivity index (χ1v) is 10.7. The van der Waals surface area contributed by atoms with Crippen molar-refractivity contribution < 1.29 is 14.0 Å². The van der Waals surface area contributed by atoms with Crippen molar-refractivity contribution >= 4 is 36.9 Å².